The average Bonchev–Trinajstić information content (AvgIpc) is 2.66. The third-order valence-corrected chi connectivity index (χ3v) is 5.65. The molecule has 0 aliphatic heterocycles. The molecule has 0 N–H and O–H groups in total. The Kier molecular flexibility index (Phi) is 5.93. The number of nitro groups is 2. The van der Waals surface area contributed by atoms with Crippen molar-refractivity contribution in [1.29, 1.82) is 0 Å². The SMILES string of the molecule is COC(=O)CN(c1cccc([N+](=O)[O-])c1C)S(=O)(=O)c1ccc([N+](=O)[O-])cc1. The van der Waals surface area contributed by atoms with Crippen LogP contribution in [0.1, 0.15) is 5.56 Å². The Bertz CT molecular complexity index is 1030. The second-order valence-electron chi connectivity index (χ2n) is 5.52. The van der Waals surface area contributed by atoms with Gasteiger partial charge < -0.3 is 4.74 Å². The molecule has 28 heavy (non-hydrogen) atoms. The number of benzene rings is 2. The van der Waals surface area contributed by atoms with Gasteiger partial charge in [0, 0.05) is 18.2 Å². The molecule has 0 saturated carbocycles. The van der Waals surface area contributed by atoms with Crippen molar-refractivity contribution in [2.45, 2.75) is 11.8 Å². The number of carbonyl (C=O) groups excluding carboxylic acids is 1. The second-order valence-corrected chi connectivity index (χ2v) is 7.38. The zero-order chi connectivity index (χ0) is 21.1. The number of nitrogens with zero attached hydrogens (tertiary/aromatic N) is 3. The van der Waals surface area contributed by atoms with E-state index < -0.39 is 32.4 Å². The van der Waals surface area contributed by atoms with Crippen LogP contribution in [0.4, 0.5) is 17.1 Å². The number of carbonyl (C=O) groups is 1. The van der Waals surface area contributed by atoms with Gasteiger partial charge in [-0.15, -0.1) is 0 Å². The number of non-ortho nitro benzene ring substituents is 1. The molecule has 0 aliphatic carbocycles. The van der Waals surface area contributed by atoms with E-state index in [0.29, 0.717) is 4.31 Å². The predicted molar refractivity (Wildman–Crippen MR) is 97.5 cm³/mol. The van der Waals surface area contributed by atoms with Crippen LogP contribution in [0, 0.1) is 27.2 Å². The normalized spacial score (nSPS) is 10.9. The van der Waals surface area contributed by atoms with Crippen molar-refractivity contribution in [2.75, 3.05) is 18.0 Å². The summed E-state index contributed by atoms with van der Waals surface area (Å²) in [4.78, 5) is 32.1. The van der Waals surface area contributed by atoms with Gasteiger partial charge in [0.2, 0.25) is 0 Å². The van der Waals surface area contributed by atoms with Gasteiger partial charge in [-0.25, -0.2) is 8.42 Å². The standard InChI is InChI=1S/C16H15N3O8S/c1-11-14(4-3-5-15(11)19(23)24)17(10-16(20)27-2)28(25,26)13-8-6-12(7-9-13)18(21)22/h3-9H,10H2,1-2H3. The zero-order valence-electron chi connectivity index (χ0n) is 14.8. The van der Waals surface area contributed by atoms with Crippen molar-refractivity contribution in [2.24, 2.45) is 0 Å². The molecule has 0 bridgehead atoms. The largest absolute Gasteiger partial charge is 0.468 e. The van der Waals surface area contributed by atoms with Gasteiger partial charge in [0.1, 0.15) is 6.54 Å². The lowest BCUT2D eigenvalue weighted by Gasteiger charge is -2.24. The molecule has 12 heteroatoms. The fourth-order valence-corrected chi connectivity index (χ4v) is 3.89. The first-order chi connectivity index (χ1) is 13.1. The van der Waals surface area contributed by atoms with Gasteiger partial charge in [-0.1, -0.05) is 6.07 Å². The summed E-state index contributed by atoms with van der Waals surface area (Å²) in [7, 11) is -3.31. The van der Waals surface area contributed by atoms with Crippen LogP contribution in [-0.2, 0) is 19.6 Å². The molecule has 0 radical (unpaired) electrons. The minimum absolute atomic E-state index is 0.0295. The lowest BCUT2D eigenvalue weighted by molar-refractivity contribution is -0.385. The number of anilines is 1. The van der Waals surface area contributed by atoms with Crippen molar-refractivity contribution in [3.63, 3.8) is 0 Å². The lowest BCUT2D eigenvalue weighted by atomic mass is 10.1. The number of methoxy groups -OCH3 is 1. The van der Waals surface area contributed by atoms with Crippen LogP contribution in [-0.4, -0.2) is 37.9 Å². The minimum atomic E-state index is -4.38. The summed E-state index contributed by atoms with van der Waals surface area (Å²) >= 11 is 0. The highest BCUT2D eigenvalue weighted by Gasteiger charge is 2.31. The van der Waals surface area contributed by atoms with Crippen molar-refractivity contribution < 1.29 is 27.8 Å². The topological polar surface area (TPSA) is 150 Å². The first kappa shape index (κ1) is 20.8. The van der Waals surface area contributed by atoms with Gasteiger partial charge in [0.15, 0.2) is 0 Å². The monoisotopic (exact) mass is 409 g/mol. The summed E-state index contributed by atoms with van der Waals surface area (Å²) in [5.41, 5.74) is -0.698. The maximum absolute atomic E-state index is 13.1. The summed E-state index contributed by atoms with van der Waals surface area (Å²) in [6.45, 7) is 0.612. The maximum Gasteiger partial charge on any atom is 0.326 e. The maximum atomic E-state index is 13.1. The summed E-state index contributed by atoms with van der Waals surface area (Å²) in [6, 6.07) is 7.85. The molecular formula is C16H15N3O8S. The van der Waals surface area contributed by atoms with E-state index in [9.17, 15) is 33.4 Å². The molecule has 0 spiro atoms. The number of nitro benzene ring substituents is 2. The van der Waals surface area contributed by atoms with Crippen LogP contribution < -0.4 is 4.31 Å². The van der Waals surface area contributed by atoms with Crippen molar-refractivity contribution >= 4 is 33.1 Å². The van der Waals surface area contributed by atoms with E-state index in [1.807, 2.05) is 0 Å². The third-order valence-electron chi connectivity index (χ3n) is 3.88. The summed E-state index contributed by atoms with van der Waals surface area (Å²) in [6.07, 6.45) is 0. The van der Waals surface area contributed by atoms with Gasteiger partial charge in [0.25, 0.3) is 21.4 Å². The van der Waals surface area contributed by atoms with E-state index in [4.69, 9.17) is 0 Å². The van der Waals surface area contributed by atoms with Gasteiger partial charge in [0.05, 0.1) is 33.1 Å². The summed E-state index contributed by atoms with van der Waals surface area (Å²) in [5, 5.41) is 21.9. The zero-order valence-corrected chi connectivity index (χ0v) is 15.6. The molecule has 11 nitrogen and oxygen atoms in total. The molecule has 0 aliphatic rings. The third kappa shape index (κ3) is 4.06. The number of hydrogen-bond acceptors (Lipinski definition) is 8. The van der Waals surface area contributed by atoms with E-state index in [0.717, 1.165) is 31.4 Å². The second kappa shape index (κ2) is 8.00. The molecule has 148 valence electrons. The van der Waals surface area contributed by atoms with Gasteiger partial charge >= 0.3 is 5.97 Å². The highest BCUT2D eigenvalue weighted by atomic mass is 32.2. The van der Waals surface area contributed by atoms with Crippen LogP contribution >= 0.6 is 0 Å². The van der Waals surface area contributed by atoms with Crippen molar-refractivity contribution in [3.05, 3.63) is 68.3 Å². The molecule has 0 atom stereocenters. The van der Waals surface area contributed by atoms with E-state index in [2.05, 4.69) is 4.74 Å². The molecule has 0 saturated heterocycles. The molecule has 2 rings (SSSR count). The Morgan fingerprint density at radius 1 is 1.07 bits per heavy atom. The molecule has 2 aromatic rings. The molecule has 2 aromatic carbocycles. The Labute approximate surface area is 159 Å². The highest BCUT2D eigenvalue weighted by molar-refractivity contribution is 7.92. The lowest BCUT2D eigenvalue weighted by Crippen LogP contribution is -2.36. The Morgan fingerprint density at radius 3 is 2.18 bits per heavy atom. The van der Waals surface area contributed by atoms with Gasteiger partial charge in [-0.3, -0.25) is 29.3 Å². The van der Waals surface area contributed by atoms with E-state index >= 15 is 0 Å². The molecule has 0 unspecified atom stereocenters. The molecule has 0 heterocycles. The fraction of sp³-hybridized carbons (Fsp3) is 0.188. The van der Waals surface area contributed by atoms with Crippen molar-refractivity contribution in [3.8, 4) is 0 Å². The van der Waals surface area contributed by atoms with Crippen molar-refractivity contribution in [1.82, 2.24) is 0 Å². The Hall–Kier alpha value is -3.54. The van der Waals surface area contributed by atoms with Crippen LogP contribution in [0.15, 0.2) is 47.4 Å². The van der Waals surface area contributed by atoms with Crippen LogP contribution in [0.25, 0.3) is 0 Å². The number of rotatable bonds is 7. The minimum Gasteiger partial charge on any atom is -0.468 e. The smallest absolute Gasteiger partial charge is 0.326 e. The number of ether oxygens (including phenoxy) is 1. The van der Waals surface area contributed by atoms with Gasteiger partial charge in [-0.2, -0.15) is 0 Å². The van der Waals surface area contributed by atoms with Crippen LogP contribution in [0.3, 0.4) is 0 Å². The number of sulfonamides is 1. The number of hydrogen-bond donors (Lipinski definition) is 0. The van der Waals surface area contributed by atoms with E-state index in [1.54, 1.807) is 0 Å². The first-order valence-corrected chi connectivity index (χ1v) is 9.11. The quantitative estimate of drug-likeness (QED) is 0.383. The van der Waals surface area contributed by atoms with Gasteiger partial charge in [-0.05, 0) is 25.1 Å². The van der Waals surface area contributed by atoms with E-state index in [-0.39, 0.29) is 27.5 Å². The summed E-state index contributed by atoms with van der Waals surface area (Å²) < 4.78 is 31.4. The molecular weight excluding hydrogens is 394 g/mol. The average molecular weight is 409 g/mol. The summed E-state index contributed by atoms with van der Waals surface area (Å²) in [5.74, 6) is -0.892. The predicted octanol–water partition coefficient (Wildman–Crippen LogP) is 2.18. The Balaban J connectivity index is 2.63. The highest BCUT2D eigenvalue weighted by Crippen LogP contribution is 2.32. The molecule has 0 aromatic heterocycles. The Morgan fingerprint density at radius 2 is 1.68 bits per heavy atom. The van der Waals surface area contributed by atoms with Crippen LogP contribution in [0.2, 0.25) is 0 Å². The van der Waals surface area contributed by atoms with E-state index in [1.165, 1.54) is 25.1 Å². The first-order valence-electron chi connectivity index (χ1n) is 7.67. The fourth-order valence-electron chi connectivity index (χ4n) is 2.43. The molecule has 0 amide bonds. The molecule has 0 fully saturated rings. The van der Waals surface area contributed by atoms with Crippen LogP contribution in [0.5, 0.6) is 0 Å². The number of esters is 1.